The molecule has 1 heterocycles. The Bertz CT molecular complexity index is 1110. The molecule has 7 heteroatoms. The lowest BCUT2D eigenvalue weighted by Crippen LogP contribution is -2.37. The van der Waals surface area contributed by atoms with Gasteiger partial charge >= 0.3 is 0 Å². The van der Waals surface area contributed by atoms with E-state index in [2.05, 4.69) is 21.7 Å². The molecule has 0 aliphatic carbocycles. The fourth-order valence-corrected chi connectivity index (χ4v) is 3.89. The van der Waals surface area contributed by atoms with Gasteiger partial charge in [-0.2, -0.15) is 0 Å². The van der Waals surface area contributed by atoms with E-state index in [0.29, 0.717) is 5.75 Å². The summed E-state index contributed by atoms with van der Waals surface area (Å²) in [6, 6.07) is 25.0. The maximum Gasteiger partial charge on any atom is 0.264 e. The minimum absolute atomic E-state index is 0.109. The van der Waals surface area contributed by atoms with Crippen LogP contribution < -0.4 is 15.4 Å². The Labute approximate surface area is 177 Å². The Morgan fingerprint density at radius 1 is 0.966 bits per heavy atom. The highest BCUT2D eigenvalue weighted by Crippen LogP contribution is 2.30. The van der Waals surface area contributed by atoms with Crippen molar-refractivity contribution in [1.29, 1.82) is 0 Å². The van der Waals surface area contributed by atoms with E-state index in [0.717, 1.165) is 26.5 Å². The van der Waals surface area contributed by atoms with E-state index >= 15 is 0 Å². The average Bonchev–Trinajstić information content (AvgIpc) is 3.18. The van der Waals surface area contributed by atoms with E-state index in [9.17, 15) is 4.79 Å². The molecule has 5 nitrogen and oxygen atoms in total. The van der Waals surface area contributed by atoms with Crippen molar-refractivity contribution in [3.63, 3.8) is 0 Å². The normalized spacial score (nSPS) is 10.5. The number of hydrogen-bond donors (Lipinski definition) is 2. The maximum absolute atomic E-state index is 12.0. The first-order valence-corrected chi connectivity index (χ1v) is 10.1. The number of nitrogens with zero attached hydrogens (tertiary/aromatic N) is 1. The number of nitrogens with one attached hydrogen (secondary N) is 2. The van der Waals surface area contributed by atoms with Crippen LogP contribution in [-0.2, 0) is 4.79 Å². The van der Waals surface area contributed by atoms with E-state index in [1.54, 1.807) is 23.5 Å². The van der Waals surface area contributed by atoms with Gasteiger partial charge in [0.1, 0.15) is 10.8 Å². The monoisotopic (exact) mass is 419 g/mol. The summed E-state index contributed by atoms with van der Waals surface area (Å²) < 4.78 is 6.56. The van der Waals surface area contributed by atoms with Crippen molar-refractivity contribution < 1.29 is 9.53 Å². The predicted octanol–water partition coefficient (Wildman–Crippen LogP) is 4.86. The first-order chi connectivity index (χ1) is 14.2. The molecule has 29 heavy (non-hydrogen) atoms. The molecule has 0 spiro atoms. The minimum Gasteiger partial charge on any atom is -0.484 e. The van der Waals surface area contributed by atoms with Gasteiger partial charge in [0.2, 0.25) is 0 Å². The lowest BCUT2D eigenvalue weighted by molar-refractivity contribution is -0.121. The van der Waals surface area contributed by atoms with Crippen molar-refractivity contribution >= 4 is 50.5 Å². The smallest absolute Gasteiger partial charge is 0.264 e. The second-order valence-electron chi connectivity index (χ2n) is 6.17. The zero-order valence-electron chi connectivity index (χ0n) is 15.3. The van der Waals surface area contributed by atoms with Crippen LogP contribution in [0.5, 0.6) is 5.75 Å². The first-order valence-electron chi connectivity index (χ1n) is 8.92. The summed E-state index contributed by atoms with van der Waals surface area (Å²) in [6.45, 7) is -0.109. The number of carbonyl (C=O) groups excluding carboxylic acids is 1. The van der Waals surface area contributed by atoms with E-state index in [4.69, 9.17) is 17.0 Å². The topological polar surface area (TPSA) is 63.2 Å². The van der Waals surface area contributed by atoms with E-state index in [1.165, 1.54) is 0 Å². The van der Waals surface area contributed by atoms with Crippen molar-refractivity contribution in [2.45, 2.75) is 0 Å². The van der Waals surface area contributed by atoms with Gasteiger partial charge in [-0.15, -0.1) is 11.3 Å². The van der Waals surface area contributed by atoms with Crippen molar-refractivity contribution in [3.8, 4) is 16.3 Å². The molecule has 4 aromatic rings. The third-order valence-corrected chi connectivity index (χ3v) is 5.34. The largest absolute Gasteiger partial charge is 0.484 e. The summed E-state index contributed by atoms with van der Waals surface area (Å²) >= 11 is 6.86. The van der Waals surface area contributed by atoms with Crippen molar-refractivity contribution in [2.75, 3.05) is 11.9 Å². The van der Waals surface area contributed by atoms with Gasteiger partial charge in [-0.1, -0.05) is 30.3 Å². The molecular formula is C22H17N3O2S2. The Balaban J connectivity index is 1.32. The van der Waals surface area contributed by atoms with Gasteiger partial charge in [0.15, 0.2) is 11.7 Å². The summed E-state index contributed by atoms with van der Waals surface area (Å²) in [6.07, 6.45) is 0. The van der Waals surface area contributed by atoms with Crippen LogP contribution in [0.2, 0.25) is 0 Å². The summed E-state index contributed by atoms with van der Waals surface area (Å²) in [5.74, 6) is 0.310. The number of ether oxygens (including phenoxy) is 1. The van der Waals surface area contributed by atoms with Crippen LogP contribution in [0.3, 0.4) is 0 Å². The highest BCUT2D eigenvalue weighted by molar-refractivity contribution is 7.80. The highest BCUT2D eigenvalue weighted by atomic mass is 32.1. The SMILES string of the molecule is O=C(COc1ccccc1)NC(=S)Nc1ccc(-c2nc3ccccc3s2)cc1. The fourth-order valence-electron chi connectivity index (χ4n) is 2.68. The Morgan fingerprint density at radius 3 is 2.45 bits per heavy atom. The molecule has 3 aromatic carbocycles. The molecule has 0 fully saturated rings. The Hall–Kier alpha value is -3.29. The average molecular weight is 420 g/mol. The Kier molecular flexibility index (Phi) is 5.79. The molecule has 4 rings (SSSR count). The molecule has 1 aromatic heterocycles. The zero-order chi connectivity index (χ0) is 20.1. The van der Waals surface area contributed by atoms with Crippen LogP contribution in [0, 0.1) is 0 Å². The van der Waals surface area contributed by atoms with Crippen LogP contribution >= 0.6 is 23.6 Å². The quantitative estimate of drug-likeness (QED) is 0.453. The number of aromatic nitrogens is 1. The number of benzene rings is 3. The molecular weight excluding hydrogens is 402 g/mol. The number of thiazole rings is 1. The number of fused-ring (bicyclic) bond motifs is 1. The summed E-state index contributed by atoms with van der Waals surface area (Å²) in [5.41, 5.74) is 2.81. The zero-order valence-corrected chi connectivity index (χ0v) is 16.9. The molecule has 0 aliphatic rings. The number of amides is 1. The van der Waals surface area contributed by atoms with Gasteiger partial charge in [-0.3, -0.25) is 10.1 Å². The summed E-state index contributed by atoms with van der Waals surface area (Å²) in [7, 11) is 0. The first kappa shape index (κ1) is 19.0. The number of rotatable bonds is 5. The second-order valence-corrected chi connectivity index (χ2v) is 7.61. The van der Waals surface area contributed by atoms with Crippen LogP contribution in [0.4, 0.5) is 5.69 Å². The van der Waals surface area contributed by atoms with Gasteiger partial charge < -0.3 is 10.1 Å². The lowest BCUT2D eigenvalue weighted by Gasteiger charge is -2.10. The molecule has 0 radical (unpaired) electrons. The third kappa shape index (κ3) is 4.96. The molecule has 0 bridgehead atoms. The molecule has 144 valence electrons. The van der Waals surface area contributed by atoms with Crippen LogP contribution in [-0.4, -0.2) is 22.6 Å². The van der Waals surface area contributed by atoms with Gasteiger partial charge in [0.05, 0.1) is 10.2 Å². The third-order valence-electron chi connectivity index (χ3n) is 4.05. The molecule has 0 atom stereocenters. The molecule has 0 saturated carbocycles. The number of thiocarbonyl (C=S) groups is 1. The van der Waals surface area contributed by atoms with E-state index < -0.39 is 0 Å². The highest BCUT2D eigenvalue weighted by Gasteiger charge is 2.08. The lowest BCUT2D eigenvalue weighted by atomic mass is 10.2. The van der Waals surface area contributed by atoms with Crippen LogP contribution in [0.25, 0.3) is 20.8 Å². The van der Waals surface area contributed by atoms with Crippen LogP contribution in [0.1, 0.15) is 0 Å². The van der Waals surface area contributed by atoms with E-state index in [1.807, 2.05) is 60.7 Å². The predicted molar refractivity (Wildman–Crippen MR) is 121 cm³/mol. The van der Waals surface area contributed by atoms with Crippen molar-refractivity contribution in [3.05, 3.63) is 78.9 Å². The number of para-hydroxylation sites is 2. The number of anilines is 1. The molecule has 2 N–H and O–H groups in total. The fraction of sp³-hybridized carbons (Fsp3) is 0.0455. The van der Waals surface area contributed by atoms with Crippen molar-refractivity contribution in [2.24, 2.45) is 0 Å². The Morgan fingerprint density at radius 2 is 1.69 bits per heavy atom. The van der Waals surface area contributed by atoms with E-state index in [-0.39, 0.29) is 17.6 Å². The van der Waals surface area contributed by atoms with Gasteiger partial charge in [-0.25, -0.2) is 4.98 Å². The molecule has 0 unspecified atom stereocenters. The van der Waals surface area contributed by atoms with Crippen LogP contribution in [0.15, 0.2) is 78.9 Å². The minimum atomic E-state index is -0.322. The van der Waals surface area contributed by atoms with Gasteiger partial charge in [0.25, 0.3) is 5.91 Å². The number of hydrogen-bond acceptors (Lipinski definition) is 5. The molecule has 0 aliphatic heterocycles. The molecule has 0 saturated heterocycles. The summed E-state index contributed by atoms with van der Waals surface area (Å²) in [4.78, 5) is 16.6. The standard InChI is InChI=1S/C22H17N3O2S2/c26-20(14-27-17-6-2-1-3-7-17)25-22(28)23-16-12-10-15(11-13-16)21-24-18-8-4-5-9-19(18)29-21/h1-13H,14H2,(H2,23,25,26,28). The second kappa shape index (κ2) is 8.81. The van der Waals surface area contributed by atoms with Crippen molar-refractivity contribution in [1.82, 2.24) is 10.3 Å². The maximum atomic E-state index is 12.0. The number of carbonyl (C=O) groups is 1. The molecule has 1 amide bonds. The van der Waals surface area contributed by atoms with Gasteiger partial charge in [0, 0.05) is 11.3 Å². The van der Waals surface area contributed by atoms with Gasteiger partial charge in [-0.05, 0) is 60.7 Å². The summed E-state index contributed by atoms with van der Waals surface area (Å²) in [5, 5.41) is 6.80.